The van der Waals surface area contributed by atoms with Crippen molar-refractivity contribution in [2.75, 3.05) is 19.7 Å². The summed E-state index contributed by atoms with van der Waals surface area (Å²) in [6.07, 6.45) is 11.8. The van der Waals surface area contributed by atoms with Gasteiger partial charge in [0.15, 0.2) is 0 Å². The van der Waals surface area contributed by atoms with Gasteiger partial charge in [-0.25, -0.2) is 0 Å². The van der Waals surface area contributed by atoms with Gasteiger partial charge in [-0.2, -0.15) is 0 Å². The highest BCUT2D eigenvalue weighted by atomic mass is 35.5. The van der Waals surface area contributed by atoms with E-state index in [9.17, 15) is 0 Å². The van der Waals surface area contributed by atoms with Gasteiger partial charge < -0.3 is 14.4 Å². The SMILES string of the molecule is Clc1ccc2c(c1)[C@@H]1OCCC[C@H]1C1(CCN(C3CCCCC3)CC1)O2. The molecule has 2 saturated heterocycles. The standard InChI is InChI=1S/C22H30ClNO2/c23-16-8-9-20-18(15-16)21-19(7-4-14-25-21)22(26-20)10-12-24(13-11-22)17-5-2-1-3-6-17/h8-9,15,17,19,21H,1-7,10-14H2/t19-,21+/m1/s1. The van der Waals surface area contributed by atoms with Crippen LogP contribution in [0.3, 0.4) is 0 Å². The maximum absolute atomic E-state index is 6.76. The zero-order valence-electron chi connectivity index (χ0n) is 15.6. The van der Waals surface area contributed by atoms with E-state index in [-0.39, 0.29) is 11.7 Å². The first kappa shape index (κ1) is 17.3. The average molecular weight is 376 g/mol. The van der Waals surface area contributed by atoms with Crippen LogP contribution >= 0.6 is 11.6 Å². The van der Waals surface area contributed by atoms with Crippen LogP contribution in [0.15, 0.2) is 18.2 Å². The Morgan fingerprint density at radius 3 is 2.62 bits per heavy atom. The Kier molecular flexibility index (Phi) is 4.67. The Morgan fingerprint density at radius 2 is 1.81 bits per heavy atom. The lowest BCUT2D eigenvalue weighted by atomic mass is 9.69. The van der Waals surface area contributed by atoms with Crippen molar-refractivity contribution in [3.05, 3.63) is 28.8 Å². The van der Waals surface area contributed by atoms with E-state index in [2.05, 4.69) is 17.0 Å². The Hall–Kier alpha value is -0.770. The largest absolute Gasteiger partial charge is 0.486 e. The molecule has 1 aromatic rings. The predicted molar refractivity (Wildman–Crippen MR) is 104 cm³/mol. The molecule has 0 unspecified atom stereocenters. The minimum Gasteiger partial charge on any atom is -0.486 e. The lowest BCUT2D eigenvalue weighted by Crippen LogP contribution is -2.58. The minimum absolute atomic E-state index is 0.0446. The molecule has 3 nitrogen and oxygen atoms in total. The summed E-state index contributed by atoms with van der Waals surface area (Å²) in [7, 11) is 0. The first-order valence-corrected chi connectivity index (χ1v) is 11.0. The highest BCUT2D eigenvalue weighted by molar-refractivity contribution is 6.30. The number of rotatable bonds is 1. The smallest absolute Gasteiger partial charge is 0.126 e. The van der Waals surface area contributed by atoms with E-state index < -0.39 is 0 Å². The number of nitrogens with zero attached hydrogens (tertiary/aromatic N) is 1. The quantitative estimate of drug-likeness (QED) is 0.658. The number of benzene rings is 1. The molecule has 1 aliphatic carbocycles. The Labute approximate surface area is 162 Å². The van der Waals surface area contributed by atoms with E-state index in [0.29, 0.717) is 5.92 Å². The van der Waals surface area contributed by atoms with Gasteiger partial charge in [-0.3, -0.25) is 0 Å². The molecule has 0 bridgehead atoms. The van der Waals surface area contributed by atoms with Crippen molar-refractivity contribution in [3.8, 4) is 5.75 Å². The highest BCUT2D eigenvalue weighted by Gasteiger charge is 2.52. The van der Waals surface area contributed by atoms with Crippen LogP contribution in [0.2, 0.25) is 5.02 Å². The van der Waals surface area contributed by atoms with Crippen LogP contribution in [0.1, 0.15) is 69.5 Å². The molecule has 26 heavy (non-hydrogen) atoms. The van der Waals surface area contributed by atoms with Crippen molar-refractivity contribution in [2.45, 2.75) is 75.5 Å². The van der Waals surface area contributed by atoms with Gasteiger partial charge in [0.2, 0.25) is 0 Å². The van der Waals surface area contributed by atoms with Gasteiger partial charge in [0.05, 0.1) is 6.10 Å². The van der Waals surface area contributed by atoms with E-state index in [1.807, 2.05) is 6.07 Å². The summed E-state index contributed by atoms with van der Waals surface area (Å²) in [6, 6.07) is 6.88. The summed E-state index contributed by atoms with van der Waals surface area (Å²) >= 11 is 6.27. The summed E-state index contributed by atoms with van der Waals surface area (Å²) in [5.74, 6) is 1.47. The van der Waals surface area contributed by atoms with Crippen molar-refractivity contribution in [1.82, 2.24) is 4.90 Å². The molecular weight excluding hydrogens is 346 g/mol. The Bertz CT molecular complexity index is 650. The molecule has 2 atom stereocenters. The number of fused-ring (bicyclic) bond motifs is 4. The Morgan fingerprint density at radius 1 is 1.00 bits per heavy atom. The summed E-state index contributed by atoms with van der Waals surface area (Å²) in [5.41, 5.74) is 1.12. The molecule has 142 valence electrons. The number of piperidine rings is 1. The van der Waals surface area contributed by atoms with E-state index in [1.54, 1.807) is 0 Å². The lowest BCUT2D eigenvalue weighted by Gasteiger charge is -2.54. The summed E-state index contributed by atoms with van der Waals surface area (Å²) in [4.78, 5) is 2.75. The molecule has 0 aromatic heterocycles. The fraction of sp³-hybridized carbons (Fsp3) is 0.727. The number of halogens is 1. The van der Waals surface area contributed by atoms with E-state index >= 15 is 0 Å². The molecule has 0 amide bonds. The lowest BCUT2D eigenvalue weighted by molar-refractivity contribution is -0.152. The van der Waals surface area contributed by atoms with Crippen LogP contribution in [-0.2, 0) is 4.74 Å². The molecule has 5 rings (SSSR count). The van der Waals surface area contributed by atoms with Crippen molar-refractivity contribution in [2.24, 2.45) is 5.92 Å². The van der Waals surface area contributed by atoms with Crippen molar-refractivity contribution in [3.63, 3.8) is 0 Å². The number of likely N-dealkylation sites (tertiary alicyclic amines) is 1. The average Bonchev–Trinajstić information content (AvgIpc) is 2.70. The van der Waals surface area contributed by atoms with Crippen LogP contribution in [-0.4, -0.2) is 36.2 Å². The van der Waals surface area contributed by atoms with Crippen LogP contribution in [0.4, 0.5) is 0 Å². The van der Waals surface area contributed by atoms with Crippen molar-refractivity contribution < 1.29 is 9.47 Å². The normalized spacial score (nSPS) is 31.9. The van der Waals surface area contributed by atoms with Gasteiger partial charge in [-0.15, -0.1) is 0 Å². The topological polar surface area (TPSA) is 21.7 Å². The van der Waals surface area contributed by atoms with Crippen molar-refractivity contribution in [1.29, 1.82) is 0 Å². The Balaban J connectivity index is 1.39. The molecule has 1 aromatic carbocycles. The third-order valence-electron chi connectivity index (χ3n) is 7.33. The summed E-state index contributed by atoms with van der Waals surface area (Å²) < 4.78 is 13.0. The summed E-state index contributed by atoms with van der Waals surface area (Å²) in [6.45, 7) is 3.21. The van der Waals surface area contributed by atoms with Gasteiger partial charge in [-0.05, 0) is 43.9 Å². The van der Waals surface area contributed by atoms with Gasteiger partial charge in [0.1, 0.15) is 11.4 Å². The van der Waals surface area contributed by atoms with E-state index in [4.69, 9.17) is 21.1 Å². The number of hydrogen-bond acceptors (Lipinski definition) is 3. The second-order valence-electron chi connectivity index (χ2n) is 8.72. The third kappa shape index (κ3) is 2.96. The van der Waals surface area contributed by atoms with Crippen LogP contribution < -0.4 is 4.74 Å². The molecule has 0 radical (unpaired) electrons. The van der Waals surface area contributed by atoms with Gasteiger partial charge in [0, 0.05) is 55.1 Å². The summed E-state index contributed by atoms with van der Waals surface area (Å²) in [5, 5.41) is 0.781. The van der Waals surface area contributed by atoms with Gasteiger partial charge >= 0.3 is 0 Å². The zero-order valence-corrected chi connectivity index (χ0v) is 16.3. The minimum atomic E-state index is -0.0446. The molecular formula is C22H30ClNO2. The molecule has 0 N–H and O–H groups in total. The highest BCUT2D eigenvalue weighted by Crippen LogP contribution is 2.53. The van der Waals surface area contributed by atoms with Gasteiger partial charge in [-0.1, -0.05) is 30.9 Å². The third-order valence-corrected chi connectivity index (χ3v) is 7.56. The monoisotopic (exact) mass is 375 g/mol. The van der Waals surface area contributed by atoms with Crippen molar-refractivity contribution >= 4 is 11.6 Å². The molecule has 4 aliphatic rings. The number of hydrogen-bond donors (Lipinski definition) is 0. The first-order chi connectivity index (χ1) is 12.8. The zero-order chi connectivity index (χ0) is 17.6. The van der Waals surface area contributed by atoms with Crippen LogP contribution in [0.5, 0.6) is 5.75 Å². The maximum atomic E-state index is 6.76. The maximum Gasteiger partial charge on any atom is 0.126 e. The molecule has 3 fully saturated rings. The second-order valence-corrected chi connectivity index (χ2v) is 9.15. The first-order valence-electron chi connectivity index (χ1n) is 10.6. The second kappa shape index (κ2) is 7.00. The van der Waals surface area contributed by atoms with Crippen LogP contribution in [0.25, 0.3) is 0 Å². The van der Waals surface area contributed by atoms with E-state index in [1.165, 1.54) is 57.2 Å². The molecule has 1 saturated carbocycles. The predicted octanol–water partition coefficient (Wildman–Crippen LogP) is 5.37. The molecule has 3 aliphatic heterocycles. The molecule has 4 heteroatoms. The molecule has 1 spiro atoms. The fourth-order valence-electron chi connectivity index (χ4n) is 5.94. The van der Waals surface area contributed by atoms with E-state index in [0.717, 1.165) is 42.7 Å². The fourth-order valence-corrected chi connectivity index (χ4v) is 6.12. The van der Waals surface area contributed by atoms with Crippen LogP contribution in [0, 0.1) is 5.92 Å². The number of ether oxygens (including phenoxy) is 2. The van der Waals surface area contributed by atoms with Gasteiger partial charge in [0.25, 0.3) is 0 Å². The molecule has 3 heterocycles.